The smallest absolute Gasteiger partial charge is 0.187 e. The zero-order valence-corrected chi connectivity index (χ0v) is 31.9. The van der Waals surface area contributed by atoms with Gasteiger partial charge >= 0.3 is 0 Å². The molecule has 0 spiro atoms. The van der Waals surface area contributed by atoms with Crippen LogP contribution in [0.4, 0.5) is 0 Å². The predicted molar refractivity (Wildman–Crippen MR) is 189 cm³/mol. The van der Waals surface area contributed by atoms with E-state index >= 15 is 0 Å². The number of aliphatic hydroxyl groups excluding tert-OH is 8. The third-order valence-electron chi connectivity index (χ3n) is 15.0. The van der Waals surface area contributed by atoms with Gasteiger partial charge in [0, 0.05) is 25.4 Å². The molecule has 4 aliphatic carbocycles. The van der Waals surface area contributed by atoms with Gasteiger partial charge in [0.05, 0.1) is 49.8 Å². The maximum Gasteiger partial charge on any atom is 0.187 e. The summed E-state index contributed by atoms with van der Waals surface area (Å²) in [5, 5.41) is 99.3. The van der Waals surface area contributed by atoms with Crippen molar-refractivity contribution in [1.29, 1.82) is 0 Å². The lowest BCUT2D eigenvalue weighted by Crippen LogP contribution is -2.68. The maximum absolute atomic E-state index is 12.6. The van der Waals surface area contributed by atoms with Crippen molar-refractivity contribution in [3.63, 3.8) is 0 Å². The molecule has 0 aromatic carbocycles. The summed E-state index contributed by atoms with van der Waals surface area (Å²) in [7, 11) is 1.33. The normalized spacial score (nSPS) is 52.6. The number of hydrogen-bond acceptors (Lipinski definition) is 14. The van der Waals surface area contributed by atoms with E-state index in [1.165, 1.54) is 7.11 Å². The van der Waals surface area contributed by atoms with Gasteiger partial charge in [-0.25, -0.2) is 0 Å². The van der Waals surface area contributed by atoms with Gasteiger partial charge in [-0.05, 0) is 79.4 Å². The third-order valence-corrected chi connectivity index (χ3v) is 15.0. The molecular weight excluding hydrogens is 692 g/mol. The summed E-state index contributed by atoms with van der Waals surface area (Å²) in [6.45, 7) is 12.3. The van der Waals surface area contributed by atoms with Crippen molar-refractivity contribution >= 4 is 0 Å². The van der Waals surface area contributed by atoms with Crippen molar-refractivity contribution in [3.05, 3.63) is 12.2 Å². The zero-order chi connectivity index (χ0) is 38.8. The molecule has 0 aromatic rings. The first-order valence-corrected chi connectivity index (χ1v) is 19.8. The van der Waals surface area contributed by atoms with Crippen LogP contribution in [0.5, 0.6) is 0 Å². The van der Waals surface area contributed by atoms with E-state index in [2.05, 4.69) is 27.4 Å². The summed E-state index contributed by atoms with van der Waals surface area (Å²) >= 11 is 0. The predicted octanol–water partition coefficient (Wildman–Crippen LogP) is 0.215. The largest absolute Gasteiger partial charge is 0.393 e. The van der Waals surface area contributed by atoms with Crippen molar-refractivity contribution in [3.8, 4) is 0 Å². The Balaban J connectivity index is 1.07. The number of aliphatic hydroxyl groups is 9. The highest BCUT2D eigenvalue weighted by Gasteiger charge is 2.72. The quantitative estimate of drug-likeness (QED) is 0.129. The second-order valence-electron chi connectivity index (χ2n) is 18.1. The van der Waals surface area contributed by atoms with Crippen LogP contribution in [0, 0.1) is 46.3 Å². The van der Waals surface area contributed by atoms with E-state index < -0.39 is 90.6 Å². The van der Waals surface area contributed by atoms with Crippen LogP contribution in [-0.4, -0.2) is 152 Å². The minimum Gasteiger partial charge on any atom is -0.393 e. The van der Waals surface area contributed by atoms with Gasteiger partial charge in [0.15, 0.2) is 12.6 Å². The topological polar surface area (TPSA) is 228 Å². The molecule has 21 atom stereocenters. The number of hydrogen-bond donors (Lipinski definition) is 9. The van der Waals surface area contributed by atoms with E-state index in [0.29, 0.717) is 32.1 Å². The van der Waals surface area contributed by atoms with Crippen molar-refractivity contribution in [2.24, 2.45) is 46.3 Å². The molecule has 2 heterocycles. The van der Waals surface area contributed by atoms with Crippen LogP contribution in [0.25, 0.3) is 0 Å². The summed E-state index contributed by atoms with van der Waals surface area (Å²) in [5.41, 5.74) is -1.38. The van der Waals surface area contributed by atoms with Gasteiger partial charge in [-0.2, -0.15) is 0 Å². The average Bonchev–Trinajstić information content (AvgIpc) is 3.32. The summed E-state index contributed by atoms with van der Waals surface area (Å²) in [6.07, 6.45) is -8.33. The van der Waals surface area contributed by atoms with E-state index in [-0.39, 0.29) is 61.2 Å². The first-order valence-electron chi connectivity index (χ1n) is 19.8. The summed E-state index contributed by atoms with van der Waals surface area (Å²) in [5.74, 6) is -1.35. The summed E-state index contributed by atoms with van der Waals surface area (Å²) in [6, 6.07) is 0. The van der Waals surface area contributed by atoms with Crippen LogP contribution < -0.4 is 0 Å². The first-order chi connectivity index (χ1) is 24.9. The molecule has 6 fully saturated rings. The minimum absolute atomic E-state index is 0.0319. The van der Waals surface area contributed by atoms with Crippen molar-refractivity contribution in [2.45, 2.75) is 158 Å². The molecule has 53 heavy (non-hydrogen) atoms. The number of methoxy groups -OCH3 is 1. The Labute approximate surface area is 313 Å². The van der Waals surface area contributed by atoms with E-state index in [9.17, 15) is 46.0 Å². The molecule has 14 nitrogen and oxygen atoms in total. The molecule has 0 bridgehead atoms. The summed E-state index contributed by atoms with van der Waals surface area (Å²) in [4.78, 5) is 0. The van der Waals surface area contributed by atoms with Crippen molar-refractivity contribution < 1.29 is 69.6 Å². The molecule has 306 valence electrons. The Kier molecular flexibility index (Phi) is 12.5. The molecule has 11 unspecified atom stereocenters. The maximum atomic E-state index is 12.6. The third kappa shape index (κ3) is 7.30. The van der Waals surface area contributed by atoms with Crippen LogP contribution in [-0.2, 0) is 23.7 Å². The molecule has 2 aliphatic heterocycles. The first kappa shape index (κ1) is 41.8. The lowest BCUT2D eigenvalue weighted by atomic mass is 9.42. The summed E-state index contributed by atoms with van der Waals surface area (Å²) < 4.78 is 28.6. The number of ether oxygens (including phenoxy) is 5. The van der Waals surface area contributed by atoms with Crippen LogP contribution in [0.3, 0.4) is 0 Å². The minimum atomic E-state index is -1.39. The molecule has 0 amide bonds. The molecule has 0 radical (unpaired) electrons. The zero-order valence-electron chi connectivity index (χ0n) is 31.9. The van der Waals surface area contributed by atoms with E-state index in [1.807, 2.05) is 6.92 Å². The Morgan fingerprint density at radius 1 is 0.811 bits per heavy atom. The molecule has 2 saturated heterocycles. The Morgan fingerprint density at radius 2 is 1.43 bits per heavy atom. The second-order valence-corrected chi connectivity index (χ2v) is 18.1. The lowest BCUT2D eigenvalue weighted by Gasteiger charge is -2.65. The van der Waals surface area contributed by atoms with Crippen LogP contribution in [0.1, 0.15) is 79.1 Å². The fourth-order valence-corrected chi connectivity index (χ4v) is 12.1. The van der Waals surface area contributed by atoms with E-state index in [0.717, 1.165) is 18.4 Å². The van der Waals surface area contributed by atoms with Gasteiger partial charge in [0.25, 0.3) is 0 Å². The molecule has 6 rings (SSSR count). The van der Waals surface area contributed by atoms with Crippen molar-refractivity contribution in [1.82, 2.24) is 0 Å². The van der Waals surface area contributed by atoms with Crippen LogP contribution in [0.2, 0.25) is 0 Å². The van der Waals surface area contributed by atoms with E-state index in [4.69, 9.17) is 23.7 Å². The highest BCUT2D eigenvalue weighted by Crippen LogP contribution is 2.69. The Hall–Kier alpha value is -0.820. The Bertz CT molecular complexity index is 1270. The highest BCUT2D eigenvalue weighted by atomic mass is 16.8. The highest BCUT2D eigenvalue weighted by molar-refractivity contribution is 5.22. The van der Waals surface area contributed by atoms with Gasteiger partial charge < -0.3 is 69.6 Å². The SMILES string of the molecule is C=C(CC[C@@H](C)[C@H]1[C@@H](O)[C@@H](O)C2[C@]3(O)C[C@H](O)C4C[C@@H](O)CC[C@]4(C)C3CC[C@@]21C)[C@H](C)COC1OCC(O)C(O)C1OC1OCC(O)C(O)C1OC. The van der Waals surface area contributed by atoms with Gasteiger partial charge in [-0.15, -0.1) is 0 Å². The van der Waals surface area contributed by atoms with Crippen molar-refractivity contribution in [2.75, 3.05) is 26.9 Å². The molecule has 14 heteroatoms. The van der Waals surface area contributed by atoms with Gasteiger partial charge in [0.1, 0.15) is 36.6 Å². The second kappa shape index (κ2) is 15.8. The van der Waals surface area contributed by atoms with Crippen LogP contribution in [0.15, 0.2) is 12.2 Å². The standard InChI is InChI=1S/C39H66O14/c1-18(20(3)15-50-35-33(29(45)25(43)16-51-35)53-36-32(49-6)28(44)24(42)17-52-36)7-8-19(2)27-30(46)31(47)34-38(27,5)12-10-26-37(4)11-9-21(40)13-22(37)23(41)14-39(26,34)48/h19-36,40-48H,1,7-17H2,2-6H3/t19-,20-,21+,22?,23+,24?,25?,26?,27+,28?,29?,30-,31-,32?,33?,34?,35?,36?,37+,38-,39+/m1/s1. The fourth-order valence-electron chi connectivity index (χ4n) is 12.1. The van der Waals surface area contributed by atoms with Gasteiger partial charge in [-0.1, -0.05) is 39.8 Å². The molecule has 4 saturated carbocycles. The fraction of sp³-hybridized carbons (Fsp3) is 0.949. The molecule has 0 aromatic heterocycles. The number of rotatable bonds is 11. The van der Waals surface area contributed by atoms with Gasteiger partial charge in [0.2, 0.25) is 0 Å². The van der Waals surface area contributed by atoms with E-state index in [1.54, 1.807) is 0 Å². The van der Waals surface area contributed by atoms with Gasteiger partial charge in [-0.3, -0.25) is 0 Å². The van der Waals surface area contributed by atoms with Crippen LogP contribution >= 0.6 is 0 Å². The average molecular weight is 759 g/mol. The number of fused-ring (bicyclic) bond motifs is 5. The Morgan fingerprint density at radius 3 is 2.09 bits per heavy atom. The monoisotopic (exact) mass is 758 g/mol. The molecular formula is C39H66O14. The lowest BCUT2D eigenvalue weighted by molar-refractivity contribution is -0.346. The molecule has 9 N–H and O–H groups in total. The molecule has 6 aliphatic rings.